The van der Waals surface area contributed by atoms with Crippen LogP contribution in [-0.4, -0.2) is 56.6 Å². The molecule has 1 saturated heterocycles. The Hall–Kier alpha value is -3.14. The first-order valence-electron chi connectivity index (χ1n) is 8.49. The molecule has 0 N–H and O–H groups in total. The first kappa shape index (κ1) is 19.6. The highest BCUT2D eigenvalue weighted by Gasteiger charge is 2.26. The number of furan rings is 1. The van der Waals surface area contributed by atoms with Crippen molar-refractivity contribution < 1.29 is 22.6 Å². The van der Waals surface area contributed by atoms with Gasteiger partial charge in [-0.1, -0.05) is 0 Å². The molecule has 28 heavy (non-hydrogen) atoms. The number of nitrogens with zero attached hydrogens (tertiary/aromatic N) is 3. The molecule has 148 valence electrons. The van der Waals surface area contributed by atoms with Crippen LogP contribution in [0.25, 0.3) is 6.08 Å². The number of rotatable bonds is 5. The predicted octanol–water partition coefficient (Wildman–Crippen LogP) is 1.95. The zero-order valence-electron chi connectivity index (χ0n) is 15.1. The van der Waals surface area contributed by atoms with Crippen molar-refractivity contribution in [3.63, 3.8) is 0 Å². The molecule has 1 aliphatic rings. The fraction of sp³-hybridized carbons (Fsp3) is 0.278. The Bertz CT molecular complexity index is 1010. The van der Waals surface area contributed by atoms with Gasteiger partial charge in [0.15, 0.2) is 9.84 Å². The summed E-state index contributed by atoms with van der Waals surface area (Å²) in [6.45, 7) is 1.59. The zero-order chi connectivity index (χ0) is 20.3. The van der Waals surface area contributed by atoms with Crippen molar-refractivity contribution in [3.8, 4) is 0 Å². The second kappa shape index (κ2) is 7.85. The number of nitro benzene ring substituents is 1. The van der Waals surface area contributed by atoms with Gasteiger partial charge < -0.3 is 14.2 Å². The van der Waals surface area contributed by atoms with Crippen molar-refractivity contribution >= 4 is 33.2 Å². The van der Waals surface area contributed by atoms with Gasteiger partial charge in [-0.25, -0.2) is 8.42 Å². The van der Waals surface area contributed by atoms with E-state index in [0.29, 0.717) is 37.6 Å². The number of amides is 1. The van der Waals surface area contributed by atoms with E-state index in [-0.39, 0.29) is 16.5 Å². The molecule has 1 amide bonds. The molecule has 0 bridgehead atoms. The normalized spacial score (nSPS) is 15.2. The third-order valence-electron chi connectivity index (χ3n) is 4.44. The Morgan fingerprint density at radius 3 is 2.50 bits per heavy atom. The molecule has 0 aliphatic carbocycles. The highest BCUT2D eigenvalue weighted by Crippen LogP contribution is 2.31. The molecular weight excluding hydrogens is 386 g/mol. The minimum Gasteiger partial charge on any atom is -0.465 e. The van der Waals surface area contributed by atoms with Crippen LogP contribution in [0.3, 0.4) is 0 Å². The molecule has 0 spiro atoms. The van der Waals surface area contributed by atoms with Crippen LogP contribution < -0.4 is 4.90 Å². The van der Waals surface area contributed by atoms with Crippen molar-refractivity contribution in [3.05, 3.63) is 58.5 Å². The van der Waals surface area contributed by atoms with Crippen LogP contribution in [0, 0.1) is 10.1 Å². The van der Waals surface area contributed by atoms with E-state index in [1.165, 1.54) is 24.5 Å². The van der Waals surface area contributed by atoms with Gasteiger partial charge in [0.1, 0.15) is 11.4 Å². The van der Waals surface area contributed by atoms with Crippen molar-refractivity contribution in [2.45, 2.75) is 4.90 Å². The highest BCUT2D eigenvalue weighted by atomic mass is 32.2. The first-order valence-corrected chi connectivity index (χ1v) is 10.4. The summed E-state index contributed by atoms with van der Waals surface area (Å²) in [4.78, 5) is 26.4. The quantitative estimate of drug-likeness (QED) is 0.424. The van der Waals surface area contributed by atoms with Crippen molar-refractivity contribution in [2.24, 2.45) is 0 Å². The van der Waals surface area contributed by atoms with Crippen LogP contribution in [0.15, 0.2) is 52.0 Å². The maximum absolute atomic E-state index is 12.3. The number of sulfone groups is 1. The molecule has 0 saturated carbocycles. The van der Waals surface area contributed by atoms with Crippen LogP contribution in [-0.2, 0) is 14.6 Å². The zero-order valence-corrected chi connectivity index (χ0v) is 16.0. The van der Waals surface area contributed by atoms with Gasteiger partial charge in [0.05, 0.1) is 16.1 Å². The predicted molar refractivity (Wildman–Crippen MR) is 103 cm³/mol. The molecule has 9 nitrogen and oxygen atoms in total. The van der Waals surface area contributed by atoms with Gasteiger partial charge in [-0.15, -0.1) is 0 Å². The maximum atomic E-state index is 12.3. The summed E-state index contributed by atoms with van der Waals surface area (Å²) in [5.74, 6) is 0.409. The smallest absolute Gasteiger partial charge is 0.293 e. The fourth-order valence-corrected chi connectivity index (χ4v) is 3.60. The number of piperazine rings is 1. The van der Waals surface area contributed by atoms with E-state index in [0.717, 1.165) is 12.3 Å². The van der Waals surface area contributed by atoms with E-state index in [4.69, 9.17) is 4.42 Å². The van der Waals surface area contributed by atoms with Gasteiger partial charge in [-0.3, -0.25) is 14.9 Å². The molecule has 2 heterocycles. The van der Waals surface area contributed by atoms with Gasteiger partial charge in [0, 0.05) is 44.6 Å². The maximum Gasteiger partial charge on any atom is 0.293 e. The summed E-state index contributed by atoms with van der Waals surface area (Å²) in [5, 5.41) is 11.4. The lowest BCUT2D eigenvalue weighted by molar-refractivity contribution is -0.384. The lowest BCUT2D eigenvalue weighted by Crippen LogP contribution is -2.48. The molecule has 1 aromatic carbocycles. The lowest BCUT2D eigenvalue weighted by Gasteiger charge is -2.35. The number of carbonyl (C=O) groups is 1. The number of nitro groups is 1. The van der Waals surface area contributed by atoms with Crippen LogP contribution >= 0.6 is 0 Å². The second-order valence-electron chi connectivity index (χ2n) is 6.34. The van der Waals surface area contributed by atoms with Crippen molar-refractivity contribution in [2.75, 3.05) is 37.3 Å². The summed E-state index contributed by atoms with van der Waals surface area (Å²) in [6, 6.07) is 7.35. The molecular formula is C18H19N3O6S. The third-order valence-corrected chi connectivity index (χ3v) is 5.55. The summed E-state index contributed by atoms with van der Waals surface area (Å²) in [7, 11) is -3.54. The van der Waals surface area contributed by atoms with E-state index in [2.05, 4.69) is 0 Å². The molecule has 1 aromatic heterocycles. The van der Waals surface area contributed by atoms with Crippen LogP contribution in [0.4, 0.5) is 11.4 Å². The summed E-state index contributed by atoms with van der Waals surface area (Å²) >= 11 is 0. The molecule has 0 unspecified atom stereocenters. The minimum absolute atomic E-state index is 0.0974. The lowest BCUT2D eigenvalue weighted by atomic mass is 10.2. The number of benzene rings is 1. The molecule has 10 heteroatoms. The molecule has 0 radical (unpaired) electrons. The van der Waals surface area contributed by atoms with Gasteiger partial charge in [-0.05, 0) is 30.3 Å². The average Bonchev–Trinajstić information content (AvgIpc) is 3.18. The van der Waals surface area contributed by atoms with Crippen molar-refractivity contribution in [1.82, 2.24) is 4.90 Å². The Morgan fingerprint density at radius 2 is 1.93 bits per heavy atom. The SMILES string of the molecule is CS(=O)(=O)c1ccc(N2CCN(C(=O)/C=C/c3ccco3)CC2)c([N+](=O)[O-])c1. The number of hydrogen-bond acceptors (Lipinski definition) is 7. The van der Waals surface area contributed by atoms with Crippen LogP contribution in [0.5, 0.6) is 0 Å². The summed E-state index contributed by atoms with van der Waals surface area (Å²) in [6.07, 6.45) is 5.54. The summed E-state index contributed by atoms with van der Waals surface area (Å²) < 4.78 is 28.5. The Balaban J connectivity index is 1.71. The molecule has 1 aliphatic heterocycles. The Labute approximate surface area is 161 Å². The van der Waals surface area contributed by atoms with Gasteiger partial charge >= 0.3 is 0 Å². The van der Waals surface area contributed by atoms with E-state index in [9.17, 15) is 23.3 Å². The second-order valence-corrected chi connectivity index (χ2v) is 8.36. The van der Waals surface area contributed by atoms with Gasteiger partial charge in [0.25, 0.3) is 5.69 Å². The summed E-state index contributed by atoms with van der Waals surface area (Å²) in [5.41, 5.74) is 0.0797. The number of hydrogen-bond donors (Lipinski definition) is 0. The minimum atomic E-state index is -3.54. The highest BCUT2D eigenvalue weighted by molar-refractivity contribution is 7.90. The molecule has 0 atom stereocenters. The molecule has 1 fully saturated rings. The third kappa shape index (κ3) is 4.39. The van der Waals surface area contributed by atoms with Gasteiger partial charge in [0.2, 0.25) is 5.91 Å². The monoisotopic (exact) mass is 405 g/mol. The van der Waals surface area contributed by atoms with Crippen LogP contribution in [0.1, 0.15) is 5.76 Å². The molecule has 3 rings (SSSR count). The van der Waals surface area contributed by atoms with E-state index < -0.39 is 14.8 Å². The topological polar surface area (TPSA) is 114 Å². The van der Waals surface area contributed by atoms with Crippen LogP contribution in [0.2, 0.25) is 0 Å². The van der Waals surface area contributed by atoms with E-state index >= 15 is 0 Å². The Morgan fingerprint density at radius 1 is 1.21 bits per heavy atom. The largest absolute Gasteiger partial charge is 0.465 e. The Kier molecular flexibility index (Phi) is 5.50. The molecule has 2 aromatic rings. The fourth-order valence-electron chi connectivity index (χ4n) is 2.96. The van der Waals surface area contributed by atoms with E-state index in [1.54, 1.807) is 28.0 Å². The van der Waals surface area contributed by atoms with E-state index in [1.807, 2.05) is 0 Å². The van der Waals surface area contributed by atoms with Gasteiger partial charge in [-0.2, -0.15) is 0 Å². The van der Waals surface area contributed by atoms with Crippen molar-refractivity contribution in [1.29, 1.82) is 0 Å². The standard InChI is InChI=1S/C18H19N3O6S/c1-28(25,26)15-5-6-16(17(13-15)21(23)24)19-8-10-20(11-9-19)18(22)7-4-14-3-2-12-27-14/h2-7,12-13H,8-11H2,1H3/b7-4+. The average molecular weight is 405 g/mol. The number of anilines is 1. The first-order chi connectivity index (χ1) is 13.3. The number of carbonyl (C=O) groups excluding carboxylic acids is 1.